The van der Waals surface area contributed by atoms with Crippen molar-refractivity contribution < 1.29 is 9.53 Å². The molecule has 0 unspecified atom stereocenters. The number of amides is 1. The molecule has 0 aromatic carbocycles. The van der Waals surface area contributed by atoms with Gasteiger partial charge in [-0.25, -0.2) is 0 Å². The lowest BCUT2D eigenvalue weighted by molar-refractivity contribution is -0.116. The van der Waals surface area contributed by atoms with Crippen molar-refractivity contribution in [2.75, 3.05) is 18.5 Å². The number of carbonyl (C=O) groups is 1. The SMILES string of the molecule is C#CCCC1(CCC(=O)Nc2cc(C3CCOCC3)nn2C)N=N1. The molecule has 1 amide bonds. The van der Waals surface area contributed by atoms with Crippen LogP contribution in [0, 0.1) is 12.3 Å². The predicted octanol–water partition coefficient (Wildman–Crippen LogP) is 2.61. The lowest BCUT2D eigenvalue weighted by Gasteiger charge is -2.19. The molecule has 0 radical (unpaired) electrons. The third-order valence-electron chi connectivity index (χ3n) is 4.61. The van der Waals surface area contributed by atoms with E-state index in [9.17, 15) is 4.79 Å². The molecule has 2 aliphatic heterocycles. The number of ether oxygens (including phenoxy) is 1. The van der Waals surface area contributed by atoms with Crippen molar-refractivity contribution in [3.05, 3.63) is 11.8 Å². The predicted molar refractivity (Wildman–Crippen MR) is 89.5 cm³/mol. The monoisotopic (exact) mass is 329 g/mol. The quantitative estimate of drug-likeness (QED) is 0.781. The summed E-state index contributed by atoms with van der Waals surface area (Å²) in [7, 11) is 1.85. The Morgan fingerprint density at radius 2 is 2.21 bits per heavy atom. The highest BCUT2D eigenvalue weighted by atomic mass is 16.5. The molecule has 1 aromatic rings. The van der Waals surface area contributed by atoms with Gasteiger partial charge >= 0.3 is 0 Å². The third kappa shape index (κ3) is 4.01. The normalized spacial score (nSPS) is 19.0. The third-order valence-corrected chi connectivity index (χ3v) is 4.61. The second-order valence-electron chi connectivity index (χ2n) is 6.40. The van der Waals surface area contributed by atoms with Gasteiger partial charge in [0.2, 0.25) is 5.91 Å². The van der Waals surface area contributed by atoms with Gasteiger partial charge in [-0.1, -0.05) is 0 Å². The molecule has 0 bridgehead atoms. The van der Waals surface area contributed by atoms with Crippen molar-refractivity contribution in [3.63, 3.8) is 0 Å². The maximum absolute atomic E-state index is 12.2. The van der Waals surface area contributed by atoms with Gasteiger partial charge in [-0.05, 0) is 12.8 Å². The number of carbonyl (C=O) groups excluding carboxylic acids is 1. The summed E-state index contributed by atoms with van der Waals surface area (Å²) in [5.41, 5.74) is 0.609. The number of aromatic nitrogens is 2. The zero-order valence-electron chi connectivity index (χ0n) is 14.0. The van der Waals surface area contributed by atoms with Crippen LogP contribution in [-0.4, -0.2) is 34.6 Å². The molecular weight excluding hydrogens is 306 g/mol. The number of anilines is 1. The number of hydrogen-bond acceptors (Lipinski definition) is 5. The van der Waals surface area contributed by atoms with Crippen LogP contribution in [0.15, 0.2) is 16.3 Å². The van der Waals surface area contributed by atoms with E-state index in [-0.39, 0.29) is 5.91 Å². The molecule has 0 aliphatic carbocycles. The number of aryl methyl sites for hydroxylation is 1. The van der Waals surface area contributed by atoms with Crippen LogP contribution in [0.1, 0.15) is 50.1 Å². The maximum atomic E-state index is 12.2. The Morgan fingerprint density at radius 3 is 2.88 bits per heavy atom. The summed E-state index contributed by atoms with van der Waals surface area (Å²) in [6.45, 7) is 1.55. The Kier molecular flexibility index (Phi) is 4.95. The van der Waals surface area contributed by atoms with Crippen LogP contribution in [-0.2, 0) is 16.6 Å². The van der Waals surface area contributed by atoms with Crippen LogP contribution >= 0.6 is 0 Å². The molecule has 1 N–H and O–H groups in total. The molecule has 7 heteroatoms. The van der Waals surface area contributed by atoms with Crippen LogP contribution in [0.5, 0.6) is 0 Å². The Morgan fingerprint density at radius 1 is 1.46 bits per heavy atom. The van der Waals surface area contributed by atoms with Crippen LogP contribution in [0.25, 0.3) is 0 Å². The number of nitrogens with one attached hydrogen (secondary N) is 1. The minimum absolute atomic E-state index is 0.0473. The van der Waals surface area contributed by atoms with E-state index in [1.54, 1.807) is 4.68 Å². The lowest BCUT2D eigenvalue weighted by Crippen LogP contribution is -2.18. The first kappa shape index (κ1) is 16.7. The van der Waals surface area contributed by atoms with Gasteiger partial charge in [0.1, 0.15) is 5.82 Å². The Bertz CT molecular complexity index is 661. The highest BCUT2D eigenvalue weighted by molar-refractivity contribution is 5.90. The Hall–Kier alpha value is -2.20. The van der Waals surface area contributed by atoms with Crippen molar-refractivity contribution in [1.29, 1.82) is 0 Å². The molecule has 3 rings (SSSR count). The summed E-state index contributed by atoms with van der Waals surface area (Å²) in [4.78, 5) is 12.2. The summed E-state index contributed by atoms with van der Waals surface area (Å²) in [6.07, 6.45) is 9.55. The smallest absolute Gasteiger partial charge is 0.225 e. The topological polar surface area (TPSA) is 80.9 Å². The van der Waals surface area contributed by atoms with Crippen LogP contribution < -0.4 is 5.32 Å². The van der Waals surface area contributed by atoms with E-state index < -0.39 is 5.66 Å². The standard InChI is InChI=1S/C17H23N5O2/c1-3-4-8-17(20-21-17)9-5-16(23)18-15-12-14(19-22(15)2)13-6-10-24-11-7-13/h1,12-13H,4-11H2,2H3,(H,18,23). The van der Waals surface area contributed by atoms with Gasteiger partial charge in [0.15, 0.2) is 5.66 Å². The first-order valence-corrected chi connectivity index (χ1v) is 8.41. The molecule has 24 heavy (non-hydrogen) atoms. The maximum Gasteiger partial charge on any atom is 0.225 e. The molecule has 128 valence electrons. The van der Waals surface area contributed by atoms with E-state index in [1.807, 2.05) is 13.1 Å². The first-order valence-electron chi connectivity index (χ1n) is 8.41. The van der Waals surface area contributed by atoms with E-state index in [0.29, 0.717) is 25.2 Å². The van der Waals surface area contributed by atoms with Crippen LogP contribution in [0.4, 0.5) is 5.82 Å². The van der Waals surface area contributed by atoms with Gasteiger partial charge in [0, 0.05) is 57.9 Å². The minimum Gasteiger partial charge on any atom is -0.381 e. The fourth-order valence-corrected chi connectivity index (χ4v) is 2.99. The van der Waals surface area contributed by atoms with Gasteiger partial charge in [-0.2, -0.15) is 15.3 Å². The van der Waals surface area contributed by atoms with Crippen LogP contribution in [0.3, 0.4) is 0 Å². The van der Waals surface area contributed by atoms with E-state index in [4.69, 9.17) is 11.2 Å². The number of hydrogen-bond donors (Lipinski definition) is 1. The average molecular weight is 329 g/mol. The second kappa shape index (κ2) is 7.14. The average Bonchev–Trinajstić information content (AvgIpc) is 3.29. The number of nitrogens with zero attached hydrogens (tertiary/aromatic N) is 4. The molecule has 0 saturated carbocycles. The fraction of sp³-hybridized carbons (Fsp3) is 0.647. The molecule has 0 atom stereocenters. The zero-order chi connectivity index (χ0) is 17.0. The fourth-order valence-electron chi connectivity index (χ4n) is 2.99. The molecule has 3 heterocycles. The van der Waals surface area contributed by atoms with Crippen LogP contribution in [0.2, 0.25) is 0 Å². The summed E-state index contributed by atoms with van der Waals surface area (Å²) < 4.78 is 7.11. The lowest BCUT2D eigenvalue weighted by atomic mass is 9.97. The van der Waals surface area contributed by atoms with Crippen molar-refractivity contribution in [1.82, 2.24) is 9.78 Å². The van der Waals surface area contributed by atoms with Crippen molar-refractivity contribution >= 4 is 11.7 Å². The molecule has 1 fully saturated rings. The first-order chi connectivity index (χ1) is 11.6. The highest BCUT2D eigenvalue weighted by Crippen LogP contribution is 2.37. The molecule has 1 aromatic heterocycles. The van der Waals surface area contributed by atoms with Crippen molar-refractivity contribution in [3.8, 4) is 12.3 Å². The summed E-state index contributed by atoms with van der Waals surface area (Å²) in [5.74, 6) is 3.68. The van der Waals surface area contributed by atoms with Gasteiger partial charge < -0.3 is 10.1 Å². The summed E-state index contributed by atoms with van der Waals surface area (Å²) >= 11 is 0. The molecule has 1 saturated heterocycles. The minimum atomic E-state index is -0.413. The van der Waals surface area contributed by atoms with Gasteiger partial charge in [-0.15, -0.1) is 12.3 Å². The van der Waals surface area contributed by atoms with Crippen molar-refractivity contribution in [2.45, 2.75) is 50.1 Å². The Balaban J connectivity index is 1.51. The number of rotatable bonds is 7. The largest absolute Gasteiger partial charge is 0.381 e. The molecular formula is C17H23N5O2. The second-order valence-corrected chi connectivity index (χ2v) is 6.40. The van der Waals surface area contributed by atoms with Gasteiger partial charge in [0.05, 0.1) is 5.69 Å². The van der Waals surface area contributed by atoms with Gasteiger partial charge in [0.25, 0.3) is 0 Å². The summed E-state index contributed by atoms with van der Waals surface area (Å²) in [5, 5.41) is 15.6. The van der Waals surface area contributed by atoms with E-state index >= 15 is 0 Å². The van der Waals surface area contributed by atoms with E-state index in [0.717, 1.165) is 44.0 Å². The molecule has 7 nitrogen and oxygen atoms in total. The molecule has 0 spiro atoms. The summed E-state index contributed by atoms with van der Waals surface area (Å²) in [6, 6.07) is 1.97. The van der Waals surface area contributed by atoms with E-state index in [2.05, 4.69) is 26.6 Å². The van der Waals surface area contributed by atoms with E-state index in [1.165, 1.54) is 0 Å². The number of terminal acetylenes is 1. The molecule has 2 aliphatic rings. The van der Waals surface area contributed by atoms with Gasteiger partial charge in [-0.3, -0.25) is 9.48 Å². The highest BCUT2D eigenvalue weighted by Gasteiger charge is 2.39. The van der Waals surface area contributed by atoms with Crippen molar-refractivity contribution in [2.24, 2.45) is 17.3 Å². The Labute approximate surface area is 141 Å². The zero-order valence-corrected chi connectivity index (χ0v) is 14.0.